The first kappa shape index (κ1) is 15.7. The summed E-state index contributed by atoms with van der Waals surface area (Å²) in [5.41, 5.74) is 1.38. The van der Waals surface area contributed by atoms with E-state index in [4.69, 9.17) is 11.6 Å². The third kappa shape index (κ3) is 3.28. The highest BCUT2D eigenvalue weighted by atomic mass is 35.5. The van der Waals surface area contributed by atoms with Crippen LogP contribution in [0.2, 0.25) is 5.02 Å². The Bertz CT molecular complexity index is 949. The molecule has 118 valence electrons. The predicted octanol–water partition coefficient (Wildman–Crippen LogP) is 3.74. The van der Waals surface area contributed by atoms with Crippen LogP contribution in [0.5, 0.6) is 0 Å². The standard InChI is InChI=1S/C16H12ClFN2O2S/c1-23(21,22)14-8-6-13(7-9-14)20-10-15(18)16(19-20)11-2-4-12(17)5-3-11/h2-10H,1H3. The van der Waals surface area contributed by atoms with Crippen molar-refractivity contribution in [2.75, 3.05) is 6.26 Å². The highest BCUT2D eigenvalue weighted by Crippen LogP contribution is 2.24. The summed E-state index contributed by atoms with van der Waals surface area (Å²) >= 11 is 5.82. The first-order valence-electron chi connectivity index (χ1n) is 6.66. The van der Waals surface area contributed by atoms with Gasteiger partial charge in [-0.05, 0) is 36.4 Å². The van der Waals surface area contributed by atoms with Gasteiger partial charge in [0.1, 0.15) is 5.69 Å². The second-order valence-electron chi connectivity index (χ2n) is 5.04. The highest BCUT2D eigenvalue weighted by Gasteiger charge is 2.13. The number of sulfone groups is 1. The van der Waals surface area contributed by atoms with E-state index >= 15 is 0 Å². The number of halogens is 2. The van der Waals surface area contributed by atoms with Gasteiger partial charge >= 0.3 is 0 Å². The maximum Gasteiger partial charge on any atom is 0.175 e. The minimum absolute atomic E-state index is 0.201. The molecule has 1 heterocycles. The van der Waals surface area contributed by atoms with Gasteiger partial charge in [0, 0.05) is 16.8 Å². The molecule has 7 heteroatoms. The molecule has 0 radical (unpaired) electrons. The number of aromatic nitrogens is 2. The van der Waals surface area contributed by atoms with E-state index in [1.54, 1.807) is 36.4 Å². The lowest BCUT2D eigenvalue weighted by Gasteiger charge is -2.03. The molecular formula is C16H12ClFN2O2S. The molecule has 0 aliphatic rings. The lowest BCUT2D eigenvalue weighted by Crippen LogP contribution is -1.99. The van der Waals surface area contributed by atoms with Gasteiger partial charge in [-0.2, -0.15) is 5.10 Å². The molecule has 0 saturated heterocycles. The molecule has 3 aromatic rings. The van der Waals surface area contributed by atoms with Crippen molar-refractivity contribution in [3.63, 3.8) is 0 Å². The van der Waals surface area contributed by atoms with Crippen molar-refractivity contribution in [2.45, 2.75) is 4.90 Å². The molecule has 0 aliphatic heterocycles. The lowest BCUT2D eigenvalue weighted by atomic mass is 10.1. The molecule has 0 saturated carbocycles. The van der Waals surface area contributed by atoms with Crippen LogP contribution in [0.3, 0.4) is 0 Å². The summed E-state index contributed by atoms with van der Waals surface area (Å²) in [5.74, 6) is -0.473. The quantitative estimate of drug-likeness (QED) is 0.723. The van der Waals surface area contributed by atoms with Crippen LogP contribution in [0.15, 0.2) is 59.6 Å². The molecule has 2 aromatic carbocycles. The Labute approximate surface area is 138 Å². The zero-order chi connectivity index (χ0) is 16.6. The van der Waals surface area contributed by atoms with Gasteiger partial charge < -0.3 is 0 Å². The molecular weight excluding hydrogens is 339 g/mol. The largest absolute Gasteiger partial charge is 0.237 e. The number of hydrogen-bond donors (Lipinski definition) is 0. The van der Waals surface area contributed by atoms with Crippen LogP contribution >= 0.6 is 11.6 Å². The van der Waals surface area contributed by atoms with Gasteiger partial charge in [0.05, 0.1) is 16.8 Å². The van der Waals surface area contributed by atoms with E-state index in [0.717, 1.165) is 6.26 Å². The predicted molar refractivity (Wildman–Crippen MR) is 87.1 cm³/mol. The zero-order valence-corrected chi connectivity index (χ0v) is 13.6. The zero-order valence-electron chi connectivity index (χ0n) is 12.1. The molecule has 0 fully saturated rings. The van der Waals surface area contributed by atoms with Gasteiger partial charge in [0.15, 0.2) is 15.7 Å². The maximum absolute atomic E-state index is 14.1. The first-order valence-corrected chi connectivity index (χ1v) is 8.93. The molecule has 0 bridgehead atoms. The molecule has 0 spiro atoms. The second kappa shape index (κ2) is 5.79. The van der Waals surface area contributed by atoms with Crippen LogP contribution in [0.25, 0.3) is 16.9 Å². The van der Waals surface area contributed by atoms with Gasteiger partial charge in [-0.15, -0.1) is 0 Å². The Balaban J connectivity index is 1.99. The maximum atomic E-state index is 14.1. The Morgan fingerprint density at radius 3 is 2.22 bits per heavy atom. The van der Waals surface area contributed by atoms with Crippen molar-refractivity contribution in [3.05, 3.63) is 65.6 Å². The van der Waals surface area contributed by atoms with E-state index < -0.39 is 15.7 Å². The van der Waals surface area contributed by atoms with Crippen LogP contribution in [-0.4, -0.2) is 24.5 Å². The lowest BCUT2D eigenvalue weighted by molar-refractivity contribution is 0.602. The summed E-state index contributed by atoms with van der Waals surface area (Å²) in [6.45, 7) is 0. The number of rotatable bonds is 3. The highest BCUT2D eigenvalue weighted by molar-refractivity contribution is 7.90. The van der Waals surface area contributed by atoms with Gasteiger partial charge in [-0.3, -0.25) is 0 Å². The van der Waals surface area contributed by atoms with Crippen LogP contribution < -0.4 is 0 Å². The molecule has 0 aliphatic carbocycles. The summed E-state index contributed by atoms with van der Waals surface area (Å²) in [4.78, 5) is 0.201. The summed E-state index contributed by atoms with van der Waals surface area (Å²) in [6, 6.07) is 12.8. The molecule has 0 atom stereocenters. The minimum atomic E-state index is -3.27. The van der Waals surface area contributed by atoms with Crippen molar-refractivity contribution in [1.29, 1.82) is 0 Å². The van der Waals surface area contributed by atoms with Crippen molar-refractivity contribution < 1.29 is 12.8 Å². The van der Waals surface area contributed by atoms with E-state index in [1.165, 1.54) is 23.0 Å². The number of hydrogen-bond acceptors (Lipinski definition) is 3. The fourth-order valence-electron chi connectivity index (χ4n) is 2.13. The molecule has 1 aromatic heterocycles. The van der Waals surface area contributed by atoms with Crippen LogP contribution in [0.4, 0.5) is 4.39 Å². The van der Waals surface area contributed by atoms with E-state index in [9.17, 15) is 12.8 Å². The first-order chi connectivity index (χ1) is 10.8. The molecule has 0 unspecified atom stereocenters. The van der Waals surface area contributed by atoms with E-state index in [0.29, 0.717) is 16.3 Å². The Morgan fingerprint density at radius 2 is 1.65 bits per heavy atom. The molecule has 3 rings (SSSR count). The monoisotopic (exact) mass is 350 g/mol. The van der Waals surface area contributed by atoms with Crippen molar-refractivity contribution in [1.82, 2.24) is 9.78 Å². The smallest absolute Gasteiger partial charge is 0.175 e. The van der Waals surface area contributed by atoms with Gasteiger partial charge in [0.25, 0.3) is 0 Å². The van der Waals surface area contributed by atoms with Gasteiger partial charge in [-0.1, -0.05) is 23.7 Å². The number of nitrogens with zero attached hydrogens (tertiary/aromatic N) is 2. The third-order valence-electron chi connectivity index (χ3n) is 3.32. The summed E-state index contributed by atoms with van der Waals surface area (Å²) in [6.07, 6.45) is 2.38. The SMILES string of the molecule is CS(=O)(=O)c1ccc(-n2cc(F)c(-c3ccc(Cl)cc3)n2)cc1. The van der Waals surface area contributed by atoms with Crippen LogP contribution in [0, 0.1) is 5.82 Å². The molecule has 23 heavy (non-hydrogen) atoms. The van der Waals surface area contributed by atoms with Crippen molar-refractivity contribution in [3.8, 4) is 16.9 Å². The Morgan fingerprint density at radius 1 is 1.04 bits per heavy atom. The topological polar surface area (TPSA) is 52.0 Å². The van der Waals surface area contributed by atoms with E-state index in [-0.39, 0.29) is 10.6 Å². The van der Waals surface area contributed by atoms with Crippen molar-refractivity contribution in [2.24, 2.45) is 0 Å². The van der Waals surface area contributed by atoms with Gasteiger partial charge in [0.2, 0.25) is 0 Å². The van der Waals surface area contributed by atoms with Crippen molar-refractivity contribution >= 4 is 21.4 Å². The summed E-state index contributed by atoms with van der Waals surface area (Å²) in [5, 5.41) is 4.78. The normalized spacial score (nSPS) is 11.6. The average Bonchev–Trinajstić information content (AvgIpc) is 2.89. The fraction of sp³-hybridized carbons (Fsp3) is 0.0625. The Hall–Kier alpha value is -2.18. The van der Waals surface area contributed by atoms with Crippen LogP contribution in [0.1, 0.15) is 0 Å². The Kier molecular flexibility index (Phi) is 3.95. The molecule has 0 N–H and O–H groups in total. The number of benzene rings is 2. The molecule has 0 amide bonds. The van der Waals surface area contributed by atoms with E-state index in [2.05, 4.69) is 5.10 Å². The second-order valence-corrected chi connectivity index (χ2v) is 7.50. The fourth-order valence-corrected chi connectivity index (χ4v) is 2.89. The molecule has 4 nitrogen and oxygen atoms in total. The van der Waals surface area contributed by atoms with E-state index in [1.807, 2.05) is 0 Å². The van der Waals surface area contributed by atoms with Crippen LogP contribution in [-0.2, 0) is 9.84 Å². The summed E-state index contributed by atoms with van der Waals surface area (Å²) in [7, 11) is -3.27. The minimum Gasteiger partial charge on any atom is -0.237 e. The summed E-state index contributed by atoms with van der Waals surface area (Å²) < 4.78 is 38.4. The average molecular weight is 351 g/mol. The third-order valence-corrected chi connectivity index (χ3v) is 4.70. The van der Waals surface area contributed by atoms with Gasteiger partial charge in [-0.25, -0.2) is 17.5 Å².